The molecule has 0 saturated carbocycles. The summed E-state index contributed by atoms with van der Waals surface area (Å²) in [5, 5.41) is 0.113. The molecule has 5 heteroatoms. The highest BCUT2D eigenvalue weighted by Crippen LogP contribution is 2.66. The van der Waals surface area contributed by atoms with Gasteiger partial charge in [0.25, 0.3) is 6.06 Å². The Morgan fingerprint density at radius 1 is 0.522 bits per heavy atom. The predicted octanol–water partition coefficient (Wildman–Crippen LogP) is 8.31. The van der Waals surface area contributed by atoms with Crippen molar-refractivity contribution in [1.82, 2.24) is 0 Å². The van der Waals surface area contributed by atoms with E-state index in [1.165, 1.54) is 0 Å². The fraction of sp³-hybridized carbons (Fsp3) is 1.00. The molecule has 0 spiro atoms. The van der Waals surface area contributed by atoms with E-state index in [2.05, 4.69) is 111 Å². The van der Waals surface area contributed by atoms with Gasteiger partial charge in [-0.15, -0.1) is 0 Å². The van der Waals surface area contributed by atoms with Crippen molar-refractivity contribution in [3.8, 4) is 0 Å². The van der Waals surface area contributed by atoms with E-state index in [1.807, 2.05) is 0 Å². The van der Waals surface area contributed by atoms with Gasteiger partial charge in [0.2, 0.25) is 0 Å². The largest absolute Gasteiger partial charge is 0.307 e. The third kappa shape index (κ3) is 3.37. The minimum atomic E-state index is -3.16. The van der Waals surface area contributed by atoms with Crippen LogP contribution in [0.3, 0.4) is 0 Å². The molecule has 140 valence electrons. The van der Waals surface area contributed by atoms with Crippen LogP contribution in [0.1, 0.15) is 83.1 Å². The van der Waals surface area contributed by atoms with E-state index in [0.717, 1.165) is 0 Å². The summed E-state index contributed by atoms with van der Waals surface area (Å²) in [6.45, 7) is 32.1. The molecule has 0 aromatic heterocycles. The standard InChI is InChI=1S/C18H42BrFSi3/c1-15(2,3)21(13,16(4,5)6)23(19,20)22(14,17(7,8)9)18(10,11)12/h1-14H3. The van der Waals surface area contributed by atoms with Gasteiger partial charge in [-0.25, -0.2) is 0 Å². The molecule has 0 nitrogen and oxygen atoms in total. The molecule has 0 N–H and O–H groups in total. The average Bonchev–Trinajstić information content (AvgIpc) is 2.19. The predicted molar refractivity (Wildman–Crippen MR) is 118 cm³/mol. The SMILES string of the molecule is CC(C)(C)[Si](C)(C(C)(C)C)[Si](F)(Br)[Si](C)(C(C)(C)C)C(C)(C)C. The monoisotopic (exact) mass is 440 g/mol. The van der Waals surface area contributed by atoms with Crippen LogP contribution in [0.25, 0.3) is 0 Å². The maximum Gasteiger partial charge on any atom is 0.285 e. The fourth-order valence-electron chi connectivity index (χ4n) is 4.63. The molecule has 0 amide bonds. The molecule has 0 aromatic rings. The molecule has 0 bridgehead atoms. The Bertz CT molecular complexity index is 363. The summed E-state index contributed by atoms with van der Waals surface area (Å²) in [4.78, 5) is 0. The first kappa shape index (κ1) is 24.1. The average molecular weight is 442 g/mol. The van der Waals surface area contributed by atoms with Gasteiger partial charge in [0.1, 0.15) is 15.2 Å². The molecule has 23 heavy (non-hydrogen) atoms. The lowest BCUT2D eigenvalue weighted by atomic mass is 10.2. The van der Waals surface area contributed by atoms with Crippen molar-refractivity contribution in [2.45, 2.75) is 116 Å². The van der Waals surface area contributed by atoms with Crippen molar-refractivity contribution in [2.75, 3.05) is 0 Å². The van der Waals surface area contributed by atoms with E-state index >= 15 is 4.11 Å². The number of halogens is 2. The Hall–Kier alpha value is 1.06. The van der Waals surface area contributed by atoms with Crippen LogP contribution in [0, 0.1) is 0 Å². The van der Waals surface area contributed by atoms with E-state index in [4.69, 9.17) is 0 Å². The third-order valence-corrected chi connectivity index (χ3v) is 61.6. The molecule has 0 saturated heterocycles. The first-order valence-electron chi connectivity index (χ1n) is 8.88. The summed E-state index contributed by atoms with van der Waals surface area (Å²) >= 11 is 3.97. The summed E-state index contributed by atoms with van der Waals surface area (Å²) in [6, 6.07) is -3.16. The topological polar surface area (TPSA) is 0 Å². The minimum Gasteiger partial charge on any atom is -0.307 e. The van der Waals surface area contributed by atoms with Gasteiger partial charge >= 0.3 is 0 Å². The zero-order valence-corrected chi connectivity index (χ0v) is 22.8. The Labute approximate surface area is 156 Å². The molecule has 0 aliphatic carbocycles. The van der Waals surface area contributed by atoms with Crippen molar-refractivity contribution in [3.05, 3.63) is 0 Å². The van der Waals surface area contributed by atoms with Crippen LogP contribution in [-0.2, 0) is 0 Å². The molecular formula is C18H42BrFSi3. The first-order valence-corrected chi connectivity index (χ1v) is 20.0. The normalized spacial score (nSPS) is 16.7. The second kappa shape index (κ2) is 6.05. The summed E-state index contributed by atoms with van der Waals surface area (Å²) in [7, 11) is -4.57. The minimum absolute atomic E-state index is 0.0283. The Balaban J connectivity index is 6.94. The number of rotatable bonds is 2. The Morgan fingerprint density at radius 3 is 0.739 bits per heavy atom. The number of hydrogen-bond donors (Lipinski definition) is 0. The Kier molecular flexibility index (Phi) is 6.33. The van der Waals surface area contributed by atoms with Gasteiger partial charge in [0.05, 0.1) is 0 Å². The van der Waals surface area contributed by atoms with Crippen molar-refractivity contribution >= 4 is 36.5 Å². The molecular weight excluding hydrogens is 399 g/mol. The van der Waals surface area contributed by atoms with E-state index in [1.54, 1.807) is 0 Å². The third-order valence-electron chi connectivity index (χ3n) is 7.26. The van der Waals surface area contributed by atoms with Gasteiger partial charge in [0.15, 0.2) is 0 Å². The lowest BCUT2D eigenvalue weighted by Crippen LogP contribution is -2.80. The lowest BCUT2D eigenvalue weighted by molar-refractivity contribution is 0.612. The van der Waals surface area contributed by atoms with Crippen molar-refractivity contribution in [3.63, 3.8) is 0 Å². The molecule has 0 heterocycles. The van der Waals surface area contributed by atoms with Gasteiger partial charge < -0.3 is 4.11 Å². The van der Waals surface area contributed by atoms with Crippen LogP contribution in [0.15, 0.2) is 0 Å². The van der Waals surface area contributed by atoms with Crippen molar-refractivity contribution in [1.29, 1.82) is 0 Å². The molecule has 0 aromatic carbocycles. The van der Waals surface area contributed by atoms with Crippen LogP contribution in [0.5, 0.6) is 0 Å². The maximum atomic E-state index is 17.4. The summed E-state index contributed by atoms with van der Waals surface area (Å²) in [5.74, 6) is 0. The van der Waals surface area contributed by atoms with Crippen molar-refractivity contribution < 1.29 is 4.11 Å². The zero-order valence-electron chi connectivity index (χ0n) is 18.3. The van der Waals surface area contributed by atoms with Crippen LogP contribution in [0.4, 0.5) is 4.11 Å². The second-order valence-corrected chi connectivity index (χ2v) is 42.8. The maximum absolute atomic E-state index is 17.4. The van der Waals surface area contributed by atoms with Gasteiger partial charge in [0, 0.05) is 0 Å². The molecule has 0 fully saturated rings. The highest BCUT2D eigenvalue weighted by atomic mass is 79.9. The molecule has 0 rings (SSSR count). The van der Waals surface area contributed by atoms with E-state index in [-0.39, 0.29) is 20.2 Å². The molecule has 0 aliphatic heterocycles. The van der Waals surface area contributed by atoms with Crippen LogP contribution >= 0.6 is 15.3 Å². The first-order chi connectivity index (χ1) is 9.50. The highest BCUT2D eigenvalue weighted by molar-refractivity contribution is 9.29. The molecule has 0 unspecified atom stereocenters. The van der Waals surface area contributed by atoms with E-state index < -0.39 is 21.2 Å². The van der Waals surface area contributed by atoms with Crippen LogP contribution in [-0.4, -0.2) is 21.2 Å². The number of hydrogen-bond acceptors (Lipinski definition) is 0. The van der Waals surface area contributed by atoms with Crippen LogP contribution in [0.2, 0.25) is 33.2 Å². The highest BCUT2D eigenvalue weighted by Gasteiger charge is 2.76. The smallest absolute Gasteiger partial charge is 0.285 e. The summed E-state index contributed by atoms with van der Waals surface area (Å²) in [6.07, 6.45) is 0. The molecule has 0 atom stereocenters. The van der Waals surface area contributed by atoms with Gasteiger partial charge in [-0.2, -0.15) is 0 Å². The fourth-order valence-corrected chi connectivity index (χ4v) is 72.1. The van der Waals surface area contributed by atoms with Crippen molar-refractivity contribution in [2.24, 2.45) is 0 Å². The van der Waals surface area contributed by atoms with Gasteiger partial charge in [-0.3, -0.25) is 0 Å². The molecule has 0 radical (unpaired) electrons. The molecule has 0 aliphatic rings. The van der Waals surface area contributed by atoms with Crippen LogP contribution < -0.4 is 0 Å². The van der Waals surface area contributed by atoms with Gasteiger partial charge in [-0.1, -0.05) is 111 Å². The zero-order chi connectivity index (χ0) is 19.5. The summed E-state index contributed by atoms with van der Waals surface area (Å²) in [5.41, 5.74) is 0. The van der Waals surface area contributed by atoms with E-state index in [0.29, 0.717) is 0 Å². The van der Waals surface area contributed by atoms with Gasteiger partial charge in [-0.05, 0) is 20.2 Å². The summed E-state index contributed by atoms with van der Waals surface area (Å²) < 4.78 is 17.4. The lowest BCUT2D eigenvalue weighted by Gasteiger charge is -2.63. The van der Waals surface area contributed by atoms with E-state index in [9.17, 15) is 0 Å². The quantitative estimate of drug-likeness (QED) is 0.298. The Morgan fingerprint density at radius 2 is 0.652 bits per heavy atom. The second-order valence-electron chi connectivity index (χ2n) is 11.8.